The van der Waals surface area contributed by atoms with Crippen molar-refractivity contribution in [1.29, 1.82) is 0 Å². The molecule has 0 radical (unpaired) electrons. The molecular weight excluding hydrogens is 285 g/mol. The van der Waals surface area contributed by atoms with Gasteiger partial charge in [0.05, 0.1) is 5.56 Å². The van der Waals surface area contributed by atoms with Crippen molar-refractivity contribution in [1.82, 2.24) is 0 Å². The van der Waals surface area contributed by atoms with Crippen LogP contribution < -0.4 is 11.1 Å². The van der Waals surface area contributed by atoms with E-state index in [2.05, 4.69) is 12.2 Å². The first kappa shape index (κ1) is 15.1. The average molecular weight is 302 g/mol. The molecule has 2 unspecified atom stereocenters. The van der Waals surface area contributed by atoms with Gasteiger partial charge >= 0.3 is 6.18 Å². The molecular formula is C14H17F3N2S. The Bertz CT molecular complexity index is 514. The molecule has 2 atom stereocenters. The Morgan fingerprint density at radius 3 is 2.55 bits per heavy atom. The Balaban J connectivity index is 2.31. The number of nitrogens with one attached hydrogen (secondary N) is 1. The van der Waals surface area contributed by atoms with E-state index >= 15 is 0 Å². The number of hydrogen-bond acceptors (Lipinski definition) is 2. The van der Waals surface area contributed by atoms with E-state index in [-0.39, 0.29) is 16.6 Å². The maximum absolute atomic E-state index is 12.7. The minimum Gasteiger partial charge on any atom is -0.389 e. The molecule has 0 bridgehead atoms. The summed E-state index contributed by atoms with van der Waals surface area (Å²) in [5.74, 6) is 0.497. The molecule has 0 spiro atoms. The Morgan fingerprint density at radius 1 is 1.35 bits per heavy atom. The fourth-order valence-corrected chi connectivity index (χ4v) is 2.78. The van der Waals surface area contributed by atoms with Gasteiger partial charge in [0.25, 0.3) is 0 Å². The molecule has 0 aliphatic heterocycles. The molecule has 0 saturated heterocycles. The van der Waals surface area contributed by atoms with Crippen LogP contribution in [-0.2, 0) is 6.18 Å². The smallest absolute Gasteiger partial charge is 0.389 e. The number of anilines is 1. The first-order valence-electron chi connectivity index (χ1n) is 6.56. The van der Waals surface area contributed by atoms with Crippen LogP contribution in [0.5, 0.6) is 0 Å². The van der Waals surface area contributed by atoms with Crippen molar-refractivity contribution in [2.24, 2.45) is 11.7 Å². The second kappa shape index (κ2) is 5.60. The van der Waals surface area contributed by atoms with Gasteiger partial charge in [0, 0.05) is 17.3 Å². The molecule has 0 heterocycles. The lowest BCUT2D eigenvalue weighted by Gasteiger charge is -2.21. The van der Waals surface area contributed by atoms with Gasteiger partial charge < -0.3 is 11.1 Å². The fraction of sp³-hybridized carbons (Fsp3) is 0.500. The molecule has 1 aromatic rings. The van der Waals surface area contributed by atoms with E-state index in [0.29, 0.717) is 11.6 Å². The molecule has 0 aromatic heterocycles. The zero-order valence-electron chi connectivity index (χ0n) is 11.1. The van der Waals surface area contributed by atoms with Crippen LogP contribution in [0.1, 0.15) is 37.3 Å². The maximum Gasteiger partial charge on any atom is 0.416 e. The second-order valence-electron chi connectivity index (χ2n) is 5.28. The van der Waals surface area contributed by atoms with Crippen molar-refractivity contribution >= 4 is 22.9 Å². The van der Waals surface area contributed by atoms with E-state index in [1.165, 1.54) is 6.07 Å². The van der Waals surface area contributed by atoms with Crippen LogP contribution >= 0.6 is 12.2 Å². The summed E-state index contributed by atoms with van der Waals surface area (Å²) >= 11 is 4.87. The molecule has 6 heteroatoms. The monoisotopic (exact) mass is 302 g/mol. The van der Waals surface area contributed by atoms with E-state index in [1.54, 1.807) is 0 Å². The van der Waals surface area contributed by atoms with Crippen molar-refractivity contribution in [3.63, 3.8) is 0 Å². The topological polar surface area (TPSA) is 38.0 Å². The highest BCUT2D eigenvalue weighted by atomic mass is 32.1. The highest BCUT2D eigenvalue weighted by Gasteiger charge is 2.32. The minimum absolute atomic E-state index is 0.0238. The quantitative estimate of drug-likeness (QED) is 0.831. The van der Waals surface area contributed by atoms with Gasteiger partial charge in [-0.25, -0.2) is 0 Å². The Hall–Kier alpha value is -1.30. The normalized spacial score (nSPS) is 22.8. The zero-order valence-corrected chi connectivity index (χ0v) is 11.9. The van der Waals surface area contributed by atoms with Gasteiger partial charge in [0.1, 0.15) is 4.99 Å². The van der Waals surface area contributed by atoms with Crippen LogP contribution in [0, 0.1) is 5.92 Å². The van der Waals surface area contributed by atoms with E-state index in [4.69, 9.17) is 18.0 Å². The van der Waals surface area contributed by atoms with E-state index < -0.39 is 11.7 Å². The third-order valence-electron chi connectivity index (χ3n) is 3.81. The maximum atomic E-state index is 12.7. The van der Waals surface area contributed by atoms with Gasteiger partial charge in [0.2, 0.25) is 0 Å². The number of benzene rings is 1. The van der Waals surface area contributed by atoms with Crippen molar-refractivity contribution in [3.05, 3.63) is 29.3 Å². The van der Waals surface area contributed by atoms with Gasteiger partial charge in [-0.15, -0.1) is 0 Å². The van der Waals surface area contributed by atoms with Crippen molar-refractivity contribution in [2.45, 2.75) is 38.4 Å². The SMILES string of the molecule is CC1CCCC1Nc1ccc(C(F)(F)F)cc1C(N)=S. The van der Waals surface area contributed by atoms with Crippen molar-refractivity contribution < 1.29 is 13.2 Å². The van der Waals surface area contributed by atoms with E-state index in [0.717, 1.165) is 31.4 Å². The van der Waals surface area contributed by atoms with Crippen LogP contribution in [-0.4, -0.2) is 11.0 Å². The first-order chi connectivity index (χ1) is 9.29. The Labute approximate surface area is 121 Å². The Kier molecular flexibility index (Phi) is 4.22. The van der Waals surface area contributed by atoms with Gasteiger partial charge in [-0.1, -0.05) is 25.6 Å². The Morgan fingerprint density at radius 2 is 2.05 bits per heavy atom. The first-order valence-corrected chi connectivity index (χ1v) is 6.97. The number of halogens is 3. The molecule has 1 fully saturated rings. The lowest BCUT2D eigenvalue weighted by atomic mass is 10.0. The molecule has 1 aliphatic carbocycles. The summed E-state index contributed by atoms with van der Waals surface area (Å²) in [5.41, 5.74) is 5.67. The van der Waals surface area contributed by atoms with Crippen molar-refractivity contribution in [3.8, 4) is 0 Å². The molecule has 1 aliphatic rings. The molecule has 1 saturated carbocycles. The highest BCUT2D eigenvalue weighted by Crippen LogP contribution is 2.34. The lowest BCUT2D eigenvalue weighted by molar-refractivity contribution is -0.137. The van der Waals surface area contributed by atoms with Gasteiger partial charge in [-0.2, -0.15) is 13.2 Å². The van der Waals surface area contributed by atoms with Crippen LogP contribution in [0.3, 0.4) is 0 Å². The highest BCUT2D eigenvalue weighted by molar-refractivity contribution is 7.80. The molecule has 20 heavy (non-hydrogen) atoms. The standard InChI is InChI=1S/C14H17F3N2S/c1-8-3-2-4-11(8)19-12-6-5-9(14(15,16)17)7-10(12)13(18)20/h5-8,11,19H,2-4H2,1H3,(H2,18,20). The van der Waals surface area contributed by atoms with Crippen LogP contribution in [0.2, 0.25) is 0 Å². The summed E-state index contributed by atoms with van der Waals surface area (Å²) in [7, 11) is 0. The number of hydrogen-bond donors (Lipinski definition) is 2. The molecule has 2 nitrogen and oxygen atoms in total. The summed E-state index contributed by atoms with van der Waals surface area (Å²) in [4.78, 5) is -0.0238. The van der Waals surface area contributed by atoms with Gasteiger partial charge in [-0.3, -0.25) is 0 Å². The predicted octanol–water partition coefficient (Wildman–Crippen LogP) is 3.94. The molecule has 3 N–H and O–H groups in total. The number of alkyl halides is 3. The van der Waals surface area contributed by atoms with Crippen LogP contribution in [0.15, 0.2) is 18.2 Å². The van der Waals surface area contributed by atoms with Crippen LogP contribution in [0.4, 0.5) is 18.9 Å². The number of rotatable bonds is 3. The largest absolute Gasteiger partial charge is 0.416 e. The molecule has 0 amide bonds. The predicted molar refractivity (Wildman–Crippen MR) is 77.8 cm³/mol. The number of nitrogens with two attached hydrogens (primary N) is 1. The van der Waals surface area contributed by atoms with Crippen molar-refractivity contribution in [2.75, 3.05) is 5.32 Å². The fourth-order valence-electron chi connectivity index (χ4n) is 2.61. The average Bonchev–Trinajstić information content (AvgIpc) is 2.74. The third-order valence-corrected chi connectivity index (χ3v) is 4.03. The summed E-state index contributed by atoms with van der Waals surface area (Å²) in [6, 6.07) is 3.76. The zero-order chi connectivity index (χ0) is 14.9. The minimum atomic E-state index is -4.39. The van der Waals surface area contributed by atoms with E-state index in [1.807, 2.05) is 0 Å². The summed E-state index contributed by atoms with van der Waals surface area (Å²) in [6.45, 7) is 2.13. The lowest BCUT2D eigenvalue weighted by Crippen LogP contribution is -2.24. The summed E-state index contributed by atoms with van der Waals surface area (Å²) in [6.07, 6.45) is -1.12. The summed E-state index contributed by atoms with van der Waals surface area (Å²) in [5, 5.41) is 3.28. The molecule has 2 rings (SSSR count). The van der Waals surface area contributed by atoms with Gasteiger partial charge in [-0.05, 0) is 37.0 Å². The number of thiocarbonyl (C=S) groups is 1. The van der Waals surface area contributed by atoms with Crippen LogP contribution in [0.25, 0.3) is 0 Å². The second-order valence-corrected chi connectivity index (χ2v) is 5.72. The summed E-state index contributed by atoms with van der Waals surface area (Å²) < 4.78 is 38.2. The molecule has 1 aromatic carbocycles. The van der Waals surface area contributed by atoms with Gasteiger partial charge in [0.15, 0.2) is 0 Å². The molecule has 110 valence electrons. The third kappa shape index (κ3) is 3.23. The van der Waals surface area contributed by atoms with E-state index in [9.17, 15) is 13.2 Å².